The van der Waals surface area contributed by atoms with E-state index in [1.165, 1.54) is 88.3 Å². The number of fused-ring (bicyclic) bond motifs is 9. The Hall–Kier alpha value is -6.52. The van der Waals surface area contributed by atoms with Gasteiger partial charge < -0.3 is 14.3 Å². The topological polar surface area (TPSA) is 11.4 Å². The number of para-hydroxylation sites is 1. The minimum atomic E-state index is -0.0619. The highest BCUT2D eigenvalue weighted by atomic mass is 15.2. The second-order valence-corrected chi connectivity index (χ2v) is 23.2. The van der Waals surface area contributed by atoms with Crippen molar-refractivity contribution >= 4 is 84.5 Å². The van der Waals surface area contributed by atoms with Gasteiger partial charge in [-0.1, -0.05) is 180 Å². The monoisotopic (exact) mass is 860 g/mol. The summed E-state index contributed by atoms with van der Waals surface area (Å²) in [5, 5.41) is 5.20. The molecule has 3 nitrogen and oxygen atoms in total. The van der Waals surface area contributed by atoms with Crippen LogP contribution in [0.25, 0.3) is 43.7 Å². The molecule has 11 rings (SSSR count). The third-order valence-corrected chi connectivity index (χ3v) is 14.6. The molecule has 0 atom stereocenters. The highest BCUT2D eigenvalue weighted by Gasteiger charge is 2.44. The van der Waals surface area contributed by atoms with E-state index < -0.39 is 0 Å². The Kier molecular flexibility index (Phi) is 9.25. The van der Waals surface area contributed by atoms with E-state index in [-0.39, 0.29) is 28.5 Å². The maximum absolute atomic E-state index is 2.71. The molecule has 8 aromatic carbocycles. The zero-order valence-electron chi connectivity index (χ0n) is 40.9. The van der Waals surface area contributed by atoms with Crippen LogP contribution in [0, 0.1) is 0 Å². The van der Waals surface area contributed by atoms with E-state index in [2.05, 4.69) is 255 Å². The predicted molar refractivity (Wildman–Crippen MR) is 287 cm³/mol. The van der Waals surface area contributed by atoms with Gasteiger partial charge in [0.25, 0.3) is 0 Å². The predicted octanol–water partition coefficient (Wildman–Crippen LogP) is 16.0. The Morgan fingerprint density at radius 3 is 1.56 bits per heavy atom. The lowest BCUT2D eigenvalue weighted by Crippen LogP contribution is -2.57. The SMILES string of the molecule is CC(C)(C)c1ccc(N(c2ccc(C(C)(C)C)cc2)c2cc3c4c(c2)N(c2ccc(C(C)(C)C)cc2)c2ccc(C(C)(C)C)cc2B4n2c4ccc5ccccc5c4c4cccc-3c42)cc1. The molecule has 1 aromatic heterocycles. The Morgan fingerprint density at radius 2 is 0.970 bits per heavy atom. The third-order valence-electron chi connectivity index (χ3n) is 14.6. The molecule has 0 unspecified atom stereocenters. The van der Waals surface area contributed by atoms with Crippen LogP contribution in [0.4, 0.5) is 34.1 Å². The molecule has 0 N–H and O–H groups in total. The Labute approximate surface area is 392 Å². The summed E-state index contributed by atoms with van der Waals surface area (Å²) in [6, 6.07) is 60.9. The van der Waals surface area contributed by atoms with Gasteiger partial charge in [0.15, 0.2) is 0 Å². The number of anilines is 6. The maximum atomic E-state index is 2.71. The van der Waals surface area contributed by atoms with Crippen LogP contribution in [0.5, 0.6) is 0 Å². The minimum absolute atomic E-state index is 0.0322. The van der Waals surface area contributed by atoms with E-state index in [0.29, 0.717) is 0 Å². The number of aromatic nitrogens is 1. The van der Waals surface area contributed by atoms with Crippen LogP contribution >= 0.6 is 0 Å². The van der Waals surface area contributed by atoms with Gasteiger partial charge in [-0.2, -0.15) is 0 Å². The largest absolute Gasteiger partial charge is 0.375 e. The standard InChI is InChI=1S/C62H62BN3/c1-59(2,3)40-21-28-44(29-22-40)64(45-30-23-41(24-31-45)60(4,5)6)47-37-51-49-18-15-19-50-56-48-17-14-13-16-39(48)20-34-54(56)66(58(49)50)63-52-36-43(62(10,11)12)27-35-53(52)65(55(38-47)57(51)63)46-32-25-42(26-33-46)61(7,8)9/h13-38H,1-12H3. The number of hydrogen-bond donors (Lipinski definition) is 0. The highest BCUT2D eigenvalue weighted by Crippen LogP contribution is 2.50. The van der Waals surface area contributed by atoms with Gasteiger partial charge in [0.2, 0.25) is 0 Å². The van der Waals surface area contributed by atoms with Crippen molar-refractivity contribution < 1.29 is 0 Å². The second-order valence-electron chi connectivity index (χ2n) is 23.2. The van der Waals surface area contributed by atoms with Crippen LogP contribution < -0.4 is 20.7 Å². The quantitative estimate of drug-likeness (QED) is 0.163. The van der Waals surface area contributed by atoms with Crippen LogP contribution in [0.2, 0.25) is 0 Å². The number of rotatable bonds is 4. The average Bonchev–Trinajstić information content (AvgIpc) is 3.62. The lowest BCUT2D eigenvalue weighted by molar-refractivity contribution is 0.590. The van der Waals surface area contributed by atoms with Gasteiger partial charge in [-0.25, -0.2) is 0 Å². The minimum Gasteiger partial charge on any atom is -0.375 e. The first-order valence-electron chi connectivity index (χ1n) is 24.0. The van der Waals surface area contributed by atoms with E-state index in [9.17, 15) is 0 Å². The van der Waals surface area contributed by atoms with Gasteiger partial charge in [-0.3, -0.25) is 0 Å². The summed E-state index contributed by atoms with van der Waals surface area (Å²) in [6.07, 6.45) is 0. The molecule has 4 heteroatoms. The molecule has 0 spiro atoms. The number of hydrogen-bond acceptors (Lipinski definition) is 2. The van der Waals surface area contributed by atoms with Gasteiger partial charge in [-0.15, -0.1) is 0 Å². The van der Waals surface area contributed by atoms with Gasteiger partial charge in [0.1, 0.15) is 0 Å². The van der Waals surface area contributed by atoms with Crippen molar-refractivity contribution in [1.82, 2.24) is 4.48 Å². The molecular weight excluding hydrogens is 798 g/mol. The van der Waals surface area contributed by atoms with E-state index in [1.807, 2.05) is 0 Å². The summed E-state index contributed by atoms with van der Waals surface area (Å²) >= 11 is 0. The molecule has 328 valence electrons. The lowest BCUT2D eigenvalue weighted by Gasteiger charge is -2.42. The van der Waals surface area contributed by atoms with Crippen molar-refractivity contribution in [2.24, 2.45) is 0 Å². The molecule has 0 saturated heterocycles. The number of nitrogens with zero attached hydrogens (tertiary/aromatic N) is 3. The Bertz CT molecular complexity index is 3320. The fraction of sp³-hybridized carbons (Fsp3) is 0.258. The van der Waals surface area contributed by atoms with Crippen LogP contribution in [-0.2, 0) is 21.7 Å². The van der Waals surface area contributed by atoms with Crippen molar-refractivity contribution in [3.8, 4) is 11.1 Å². The van der Waals surface area contributed by atoms with Gasteiger partial charge in [0.05, 0.1) is 0 Å². The lowest BCUT2D eigenvalue weighted by atomic mass is 9.44. The molecule has 66 heavy (non-hydrogen) atoms. The van der Waals surface area contributed by atoms with Crippen molar-refractivity contribution in [2.45, 2.75) is 105 Å². The van der Waals surface area contributed by atoms with E-state index in [1.54, 1.807) is 0 Å². The first-order chi connectivity index (χ1) is 31.3. The number of benzene rings is 8. The molecule has 9 aromatic rings. The van der Waals surface area contributed by atoms with Crippen molar-refractivity contribution in [3.63, 3.8) is 0 Å². The second kappa shape index (κ2) is 14.5. The fourth-order valence-corrected chi connectivity index (χ4v) is 10.9. The van der Waals surface area contributed by atoms with Crippen molar-refractivity contribution in [2.75, 3.05) is 9.80 Å². The van der Waals surface area contributed by atoms with Crippen LogP contribution in [0.15, 0.2) is 158 Å². The van der Waals surface area contributed by atoms with Gasteiger partial charge >= 0.3 is 6.85 Å². The summed E-state index contributed by atoms with van der Waals surface area (Å²) in [5.41, 5.74) is 20.2. The molecule has 0 radical (unpaired) electrons. The zero-order chi connectivity index (χ0) is 46.2. The molecule has 2 aliphatic heterocycles. The summed E-state index contributed by atoms with van der Waals surface area (Å²) in [4.78, 5) is 5.06. The Morgan fingerprint density at radius 1 is 0.424 bits per heavy atom. The molecule has 0 aliphatic carbocycles. The summed E-state index contributed by atoms with van der Waals surface area (Å²) in [7, 11) is 0. The highest BCUT2D eigenvalue weighted by molar-refractivity contribution is 6.90. The zero-order valence-corrected chi connectivity index (χ0v) is 40.9. The van der Waals surface area contributed by atoms with E-state index >= 15 is 0 Å². The molecule has 0 bridgehead atoms. The molecular formula is C62H62BN3. The smallest absolute Gasteiger partial charge is 0.333 e. The van der Waals surface area contributed by atoms with E-state index in [0.717, 1.165) is 22.7 Å². The molecule has 0 saturated carbocycles. The maximum Gasteiger partial charge on any atom is 0.333 e. The van der Waals surface area contributed by atoms with Crippen molar-refractivity contribution in [3.05, 3.63) is 180 Å². The fourth-order valence-electron chi connectivity index (χ4n) is 10.9. The molecule has 0 amide bonds. The first-order valence-corrected chi connectivity index (χ1v) is 24.0. The van der Waals surface area contributed by atoms with Gasteiger partial charge in [-0.05, 0) is 132 Å². The average molecular weight is 860 g/mol. The molecule has 0 fully saturated rings. The third kappa shape index (κ3) is 6.62. The van der Waals surface area contributed by atoms with Crippen LogP contribution in [-0.4, -0.2) is 11.3 Å². The van der Waals surface area contributed by atoms with Crippen molar-refractivity contribution in [1.29, 1.82) is 0 Å². The normalized spacial score (nSPS) is 13.7. The Balaban J connectivity index is 1.27. The first kappa shape index (κ1) is 42.1. The van der Waals surface area contributed by atoms with Crippen LogP contribution in [0.3, 0.4) is 0 Å². The summed E-state index contributed by atoms with van der Waals surface area (Å²) in [6.45, 7) is 27.6. The van der Waals surface area contributed by atoms with Gasteiger partial charge in [0, 0.05) is 61.5 Å². The van der Waals surface area contributed by atoms with E-state index in [4.69, 9.17) is 0 Å². The summed E-state index contributed by atoms with van der Waals surface area (Å²) in [5.74, 6) is 0. The summed E-state index contributed by atoms with van der Waals surface area (Å²) < 4.78 is 2.71. The van der Waals surface area contributed by atoms with Crippen LogP contribution in [0.1, 0.15) is 105 Å². The molecule has 3 heterocycles. The molecule has 2 aliphatic rings.